The van der Waals surface area contributed by atoms with Gasteiger partial charge in [0, 0.05) is 11.4 Å². The molecule has 2 rings (SSSR count). The number of carbonyl (C=O) groups is 1. The van der Waals surface area contributed by atoms with Crippen molar-refractivity contribution < 1.29 is 4.79 Å². The summed E-state index contributed by atoms with van der Waals surface area (Å²) in [6.45, 7) is 0. The lowest BCUT2D eigenvalue weighted by molar-refractivity contribution is 0.107. The third kappa shape index (κ3) is 2.73. The van der Waals surface area contributed by atoms with Gasteiger partial charge in [-0.2, -0.15) is 0 Å². The van der Waals surface area contributed by atoms with E-state index in [1.54, 1.807) is 6.07 Å². The monoisotopic (exact) mass is 229 g/mol. The summed E-state index contributed by atoms with van der Waals surface area (Å²) in [7, 11) is 0. The Bertz CT molecular complexity index is 477. The Morgan fingerprint density at radius 1 is 1.19 bits per heavy atom. The van der Waals surface area contributed by atoms with Crippen LogP contribution in [0.3, 0.4) is 0 Å². The van der Waals surface area contributed by atoms with Crippen molar-refractivity contribution in [3.8, 4) is 0 Å². The third-order valence-corrected chi connectivity index (χ3v) is 2.73. The van der Waals surface area contributed by atoms with Gasteiger partial charge in [-0.15, -0.1) is 0 Å². The Hall–Kier alpha value is -2.03. The molecule has 0 spiro atoms. The van der Waals surface area contributed by atoms with E-state index in [1.807, 2.05) is 41.8 Å². The van der Waals surface area contributed by atoms with Crippen LogP contribution < -0.4 is 5.43 Å². The molecule has 78 valence electrons. The molecule has 2 aromatic rings. The van der Waals surface area contributed by atoms with Gasteiger partial charge in [0.1, 0.15) is 0 Å². The summed E-state index contributed by atoms with van der Waals surface area (Å²) in [5.74, 6) is -0.210. The lowest BCUT2D eigenvalue weighted by Crippen LogP contribution is -1.99. The van der Waals surface area contributed by atoms with E-state index in [-0.39, 0.29) is 5.78 Å². The summed E-state index contributed by atoms with van der Waals surface area (Å²) in [6, 6.07) is 13.0. The summed E-state index contributed by atoms with van der Waals surface area (Å²) in [4.78, 5) is 12.1. The van der Waals surface area contributed by atoms with Gasteiger partial charge in [-0.25, -0.2) is 4.79 Å². The van der Waals surface area contributed by atoms with Gasteiger partial charge in [0.2, 0.25) is 4.88 Å². The first-order valence-corrected chi connectivity index (χ1v) is 5.59. The summed E-state index contributed by atoms with van der Waals surface area (Å²) < 4.78 is 0. The van der Waals surface area contributed by atoms with E-state index in [0.29, 0.717) is 4.88 Å². The van der Waals surface area contributed by atoms with Crippen LogP contribution in [0.25, 0.3) is 0 Å². The summed E-state index contributed by atoms with van der Waals surface area (Å²) in [6.07, 6.45) is 2.42. The molecule has 0 aliphatic heterocycles. The number of hydrazone groups is 1. The van der Waals surface area contributed by atoms with Gasteiger partial charge in [-0.3, -0.25) is 5.43 Å². The fourth-order valence-corrected chi connectivity index (χ4v) is 1.73. The molecular formula is C12H9N2OS+. The number of carbonyl (C=O) groups excluding carboxylic acids is 1. The van der Waals surface area contributed by atoms with Crippen molar-refractivity contribution in [3.63, 3.8) is 0 Å². The molecule has 1 heterocycles. The lowest BCUT2D eigenvalue weighted by Gasteiger charge is -1.92. The molecule has 0 bridgehead atoms. The molecule has 0 radical (unpaired) electrons. The number of hydrogen-bond donors (Lipinski definition) is 1. The van der Waals surface area contributed by atoms with E-state index in [2.05, 4.69) is 16.7 Å². The van der Waals surface area contributed by atoms with E-state index >= 15 is 0 Å². The number of rotatable bonds is 4. The minimum absolute atomic E-state index is 0.210. The molecule has 3 nitrogen and oxygen atoms in total. The zero-order chi connectivity index (χ0) is 11.2. The number of thiophene rings is 1. The number of ketones is 1. The van der Waals surface area contributed by atoms with Gasteiger partial charge in [-0.1, -0.05) is 18.2 Å². The Balaban J connectivity index is 1.93. The van der Waals surface area contributed by atoms with Crippen LogP contribution in [0.15, 0.2) is 52.9 Å². The van der Waals surface area contributed by atoms with Crippen LogP contribution in [-0.4, -0.2) is 12.0 Å². The SMILES string of the molecule is O=C([C+]=NNc1ccccc1)c1cccs1. The number of anilines is 1. The molecule has 1 aromatic carbocycles. The zero-order valence-electron chi connectivity index (χ0n) is 8.38. The predicted molar refractivity (Wildman–Crippen MR) is 66.1 cm³/mol. The van der Waals surface area contributed by atoms with Crippen molar-refractivity contribution in [2.24, 2.45) is 5.10 Å². The number of nitrogens with one attached hydrogen (secondary N) is 1. The molecule has 4 heteroatoms. The van der Waals surface area contributed by atoms with E-state index in [1.165, 1.54) is 11.3 Å². The molecule has 0 fully saturated rings. The van der Waals surface area contributed by atoms with Crippen molar-refractivity contribution in [2.45, 2.75) is 0 Å². The Morgan fingerprint density at radius 3 is 2.69 bits per heavy atom. The largest absolute Gasteiger partial charge is 0.436 e. The first-order chi connectivity index (χ1) is 7.86. The van der Waals surface area contributed by atoms with Gasteiger partial charge in [-0.05, 0) is 34.6 Å². The van der Waals surface area contributed by atoms with Gasteiger partial charge < -0.3 is 0 Å². The molecule has 0 saturated heterocycles. The molecule has 0 aliphatic carbocycles. The standard InChI is InChI=1S/C12H8N2OS/c15-11(12-7-4-8-16-12)9-13-14-10-5-2-1-3-6-10/h1-8H/p+1. The van der Waals surface area contributed by atoms with Gasteiger partial charge >= 0.3 is 5.78 Å². The van der Waals surface area contributed by atoms with Crippen LogP contribution >= 0.6 is 11.3 Å². The minimum Gasteiger partial charge on any atom is -0.251 e. The van der Waals surface area contributed by atoms with Crippen molar-refractivity contribution in [1.82, 2.24) is 0 Å². The topological polar surface area (TPSA) is 41.5 Å². The zero-order valence-corrected chi connectivity index (χ0v) is 9.20. The fourth-order valence-electron chi connectivity index (χ4n) is 1.12. The normalized spacial score (nSPS) is 10.0. The molecule has 0 amide bonds. The van der Waals surface area contributed by atoms with Gasteiger partial charge in [0.25, 0.3) is 6.21 Å². The second-order valence-corrected chi connectivity index (χ2v) is 3.96. The van der Waals surface area contributed by atoms with Crippen LogP contribution in [0.2, 0.25) is 0 Å². The third-order valence-electron chi connectivity index (χ3n) is 1.86. The van der Waals surface area contributed by atoms with Crippen molar-refractivity contribution in [2.75, 3.05) is 5.43 Å². The predicted octanol–water partition coefficient (Wildman–Crippen LogP) is 2.91. The summed E-state index contributed by atoms with van der Waals surface area (Å²) >= 11 is 1.38. The van der Waals surface area contributed by atoms with Crippen molar-refractivity contribution in [3.05, 3.63) is 52.7 Å². The molecule has 16 heavy (non-hydrogen) atoms. The second kappa shape index (κ2) is 5.16. The van der Waals surface area contributed by atoms with Crippen LogP contribution in [0.4, 0.5) is 5.69 Å². The summed E-state index contributed by atoms with van der Waals surface area (Å²) in [5.41, 5.74) is 3.56. The van der Waals surface area contributed by atoms with E-state index in [0.717, 1.165) is 5.69 Å². The average molecular weight is 229 g/mol. The highest BCUT2D eigenvalue weighted by atomic mass is 32.1. The Kier molecular flexibility index (Phi) is 3.38. The fraction of sp³-hybridized carbons (Fsp3) is 0. The first-order valence-electron chi connectivity index (χ1n) is 4.71. The molecular weight excluding hydrogens is 220 g/mol. The molecule has 0 aliphatic rings. The Labute approximate surface area is 97.4 Å². The lowest BCUT2D eigenvalue weighted by atomic mass is 10.3. The molecule has 0 atom stereocenters. The van der Waals surface area contributed by atoms with E-state index < -0.39 is 0 Å². The molecule has 0 unspecified atom stereocenters. The highest BCUT2D eigenvalue weighted by molar-refractivity contribution is 7.12. The van der Waals surface area contributed by atoms with Crippen LogP contribution in [-0.2, 0) is 0 Å². The number of nitrogens with zero attached hydrogens (tertiary/aromatic N) is 1. The quantitative estimate of drug-likeness (QED) is 0.379. The van der Waals surface area contributed by atoms with Crippen LogP contribution in [0, 0.1) is 0 Å². The minimum atomic E-state index is -0.210. The van der Waals surface area contributed by atoms with Crippen LogP contribution in [0.1, 0.15) is 9.67 Å². The molecule has 1 aromatic heterocycles. The Morgan fingerprint density at radius 2 is 2.00 bits per heavy atom. The second-order valence-electron chi connectivity index (χ2n) is 3.01. The number of para-hydroxylation sites is 1. The van der Waals surface area contributed by atoms with Gasteiger partial charge in [0.05, 0.1) is 5.69 Å². The first kappa shape index (κ1) is 10.5. The smallest absolute Gasteiger partial charge is 0.251 e. The maximum Gasteiger partial charge on any atom is 0.436 e. The van der Waals surface area contributed by atoms with E-state index in [4.69, 9.17) is 0 Å². The van der Waals surface area contributed by atoms with Crippen molar-refractivity contribution >= 4 is 29.0 Å². The molecule has 1 N–H and O–H groups in total. The maximum absolute atomic E-state index is 11.5. The number of hydrogen-bond acceptors (Lipinski definition) is 4. The number of Topliss-reactive ketones (excluding diaryl/α,β-unsaturated/α-hetero) is 1. The molecule has 0 saturated carbocycles. The highest BCUT2D eigenvalue weighted by Gasteiger charge is 2.17. The highest BCUT2D eigenvalue weighted by Crippen LogP contribution is 2.08. The summed E-state index contributed by atoms with van der Waals surface area (Å²) in [5, 5.41) is 5.60. The van der Waals surface area contributed by atoms with Crippen LogP contribution in [0.5, 0.6) is 0 Å². The van der Waals surface area contributed by atoms with Gasteiger partial charge in [0.15, 0.2) is 0 Å². The maximum atomic E-state index is 11.5. The van der Waals surface area contributed by atoms with E-state index in [9.17, 15) is 4.79 Å². The average Bonchev–Trinajstić information content (AvgIpc) is 2.84. The number of benzene rings is 1. The van der Waals surface area contributed by atoms with Crippen molar-refractivity contribution in [1.29, 1.82) is 0 Å².